The average Bonchev–Trinajstić information content (AvgIpc) is 2.67. The normalized spacial score (nSPS) is 19.7. The Hall–Kier alpha value is -0.520. The van der Waals surface area contributed by atoms with Gasteiger partial charge in [-0.25, -0.2) is 0 Å². The Morgan fingerprint density at radius 1 is 1.17 bits per heavy atom. The fraction of sp³-hybridized carbons (Fsp3) is 0.800. The second kappa shape index (κ2) is 3.08. The van der Waals surface area contributed by atoms with Gasteiger partial charge in [-0.1, -0.05) is 33.6 Å². The molecule has 0 aromatic heterocycles. The van der Waals surface area contributed by atoms with E-state index in [4.69, 9.17) is 9.78 Å². The van der Waals surface area contributed by atoms with Crippen molar-refractivity contribution in [1.82, 2.24) is 0 Å². The van der Waals surface area contributed by atoms with Crippen LogP contribution in [0.5, 0.6) is 0 Å². The molecule has 0 aromatic carbocycles. The van der Waals surface area contributed by atoms with E-state index in [2.05, 4.69) is 32.6 Å². The van der Waals surface area contributed by atoms with Crippen LogP contribution in [0.1, 0.15) is 40.5 Å². The Balaban J connectivity index is 2.51. The first-order valence-corrected chi connectivity index (χ1v) is 4.34. The predicted octanol–water partition coefficient (Wildman–Crippen LogP) is 2.49. The zero-order chi connectivity index (χ0) is 9.24. The molecule has 0 saturated carbocycles. The van der Waals surface area contributed by atoms with Gasteiger partial charge in [-0.05, 0) is 0 Å². The summed E-state index contributed by atoms with van der Waals surface area (Å²) in [5, 5.41) is 0. The van der Waals surface area contributed by atoms with Crippen LogP contribution in [0.2, 0.25) is 0 Å². The quantitative estimate of drug-likeness (QED) is 0.341. The summed E-state index contributed by atoms with van der Waals surface area (Å²) in [6, 6.07) is 0. The van der Waals surface area contributed by atoms with E-state index in [0.29, 0.717) is 6.42 Å². The van der Waals surface area contributed by atoms with Gasteiger partial charge < -0.3 is 0 Å². The summed E-state index contributed by atoms with van der Waals surface area (Å²) in [4.78, 5) is 10.0. The van der Waals surface area contributed by atoms with Crippen molar-refractivity contribution < 1.29 is 9.78 Å². The molecule has 2 nitrogen and oxygen atoms in total. The van der Waals surface area contributed by atoms with Gasteiger partial charge in [0.2, 0.25) is 5.79 Å². The topological polar surface area (TPSA) is 25.1 Å². The van der Waals surface area contributed by atoms with E-state index >= 15 is 0 Å². The smallest absolute Gasteiger partial charge is 0.193 e. The molecule has 0 atom stereocenters. The Morgan fingerprint density at radius 3 is 2.08 bits per heavy atom. The standard InChI is InChI=1S/C10H16O2/c1-5-6-7-8-10(11-12-10)9(2,3)4/h5,8H2,1-4H3. The van der Waals surface area contributed by atoms with Gasteiger partial charge in [0, 0.05) is 11.8 Å². The van der Waals surface area contributed by atoms with Crippen LogP contribution in [-0.2, 0) is 9.78 Å². The van der Waals surface area contributed by atoms with Crippen LogP contribution in [0.25, 0.3) is 0 Å². The average molecular weight is 168 g/mol. The van der Waals surface area contributed by atoms with E-state index in [1.807, 2.05) is 6.92 Å². The lowest BCUT2D eigenvalue weighted by atomic mass is 9.85. The van der Waals surface area contributed by atoms with Gasteiger partial charge in [0.05, 0.1) is 6.42 Å². The molecule has 0 spiro atoms. The fourth-order valence-electron chi connectivity index (χ4n) is 0.928. The molecular weight excluding hydrogens is 152 g/mol. The van der Waals surface area contributed by atoms with Crippen LogP contribution in [0, 0.1) is 17.3 Å². The highest BCUT2D eigenvalue weighted by Gasteiger charge is 2.57. The summed E-state index contributed by atoms with van der Waals surface area (Å²) < 4.78 is 0. The second-order valence-electron chi connectivity index (χ2n) is 4.05. The second-order valence-corrected chi connectivity index (χ2v) is 4.05. The minimum Gasteiger partial charge on any atom is -0.193 e. The molecule has 1 saturated heterocycles. The van der Waals surface area contributed by atoms with Crippen LogP contribution in [-0.4, -0.2) is 5.79 Å². The molecule has 68 valence electrons. The third kappa shape index (κ3) is 1.80. The van der Waals surface area contributed by atoms with Gasteiger partial charge in [-0.15, -0.1) is 5.92 Å². The number of rotatable bonds is 1. The lowest BCUT2D eigenvalue weighted by Gasteiger charge is -2.20. The first kappa shape index (κ1) is 9.57. The molecule has 0 aliphatic carbocycles. The third-order valence-corrected chi connectivity index (χ3v) is 2.05. The third-order valence-electron chi connectivity index (χ3n) is 2.05. The van der Waals surface area contributed by atoms with Crippen molar-refractivity contribution >= 4 is 0 Å². The summed E-state index contributed by atoms with van der Waals surface area (Å²) in [7, 11) is 0. The molecule has 0 aromatic rings. The van der Waals surface area contributed by atoms with Crippen LogP contribution < -0.4 is 0 Å². The molecule has 0 bridgehead atoms. The summed E-state index contributed by atoms with van der Waals surface area (Å²) in [5.41, 5.74) is 0.00935. The zero-order valence-electron chi connectivity index (χ0n) is 8.23. The van der Waals surface area contributed by atoms with Crippen molar-refractivity contribution in [3.05, 3.63) is 0 Å². The lowest BCUT2D eigenvalue weighted by molar-refractivity contribution is 0.0850. The van der Waals surface area contributed by atoms with Gasteiger partial charge in [-0.3, -0.25) is 0 Å². The summed E-state index contributed by atoms with van der Waals surface area (Å²) >= 11 is 0. The predicted molar refractivity (Wildman–Crippen MR) is 47.0 cm³/mol. The lowest BCUT2D eigenvalue weighted by Crippen LogP contribution is -2.29. The largest absolute Gasteiger partial charge is 0.249 e. The van der Waals surface area contributed by atoms with E-state index < -0.39 is 5.79 Å². The molecule has 1 fully saturated rings. The molecule has 0 unspecified atom stereocenters. The molecule has 0 radical (unpaired) electrons. The molecule has 12 heavy (non-hydrogen) atoms. The highest BCUT2D eigenvalue weighted by atomic mass is 17.4. The Bertz CT molecular complexity index is 210. The van der Waals surface area contributed by atoms with E-state index in [1.165, 1.54) is 0 Å². The highest BCUT2D eigenvalue weighted by molar-refractivity contribution is 5.05. The van der Waals surface area contributed by atoms with Crippen molar-refractivity contribution in [2.75, 3.05) is 0 Å². The van der Waals surface area contributed by atoms with E-state index in [9.17, 15) is 0 Å². The zero-order valence-corrected chi connectivity index (χ0v) is 8.23. The number of hydrogen-bond acceptors (Lipinski definition) is 2. The van der Waals surface area contributed by atoms with E-state index in [-0.39, 0.29) is 5.41 Å². The minimum absolute atomic E-state index is 0.00935. The van der Waals surface area contributed by atoms with Crippen molar-refractivity contribution in [3.63, 3.8) is 0 Å². The van der Waals surface area contributed by atoms with Crippen molar-refractivity contribution in [1.29, 1.82) is 0 Å². The molecule has 1 aliphatic heterocycles. The van der Waals surface area contributed by atoms with Gasteiger partial charge in [0.15, 0.2) is 0 Å². The molecule has 2 heteroatoms. The van der Waals surface area contributed by atoms with E-state index in [0.717, 1.165) is 6.42 Å². The molecule has 1 aliphatic rings. The maximum absolute atomic E-state index is 5.00. The minimum atomic E-state index is -0.435. The van der Waals surface area contributed by atoms with Crippen LogP contribution in [0.4, 0.5) is 0 Å². The molecule has 1 rings (SSSR count). The number of hydrogen-bond donors (Lipinski definition) is 0. The van der Waals surface area contributed by atoms with E-state index in [1.54, 1.807) is 0 Å². The van der Waals surface area contributed by atoms with Gasteiger partial charge in [0.25, 0.3) is 0 Å². The van der Waals surface area contributed by atoms with Crippen molar-refractivity contribution in [2.45, 2.75) is 46.3 Å². The molecular formula is C10H16O2. The van der Waals surface area contributed by atoms with Crippen LogP contribution >= 0.6 is 0 Å². The first-order valence-electron chi connectivity index (χ1n) is 4.34. The van der Waals surface area contributed by atoms with Gasteiger partial charge in [-0.2, -0.15) is 9.78 Å². The summed E-state index contributed by atoms with van der Waals surface area (Å²) in [5.74, 6) is 5.62. The van der Waals surface area contributed by atoms with Crippen LogP contribution in [0.15, 0.2) is 0 Å². The first-order chi connectivity index (χ1) is 5.52. The van der Waals surface area contributed by atoms with Crippen LogP contribution in [0.3, 0.4) is 0 Å². The molecule has 1 heterocycles. The molecule has 0 N–H and O–H groups in total. The van der Waals surface area contributed by atoms with Crippen molar-refractivity contribution in [3.8, 4) is 11.8 Å². The fourth-order valence-corrected chi connectivity index (χ4v) is 0.928. The SMILES string of the molecule is CCC#CCC1(C(C)(C)C)OO1. The summed E-state index contributed by atoms with van der Waals surface area (Å²) in [6.45, 7) is 8.31. The Labute approximate surface area is 74.2 Å². The molecule has 0 amide bonds. The van der Waals surface area contributed by atoms with Gasteiger partial charge in [0.1, 0.15) is 0 Å². The Kier molecular flexibility index (Phi) is 2.46. The highest BCUT2D eigenvalue weighted by Crippen LogP contribution is 2.47. The van der Waals surface area contributed by atoms with Crippen molar-refractivity contribution in [2.24, 2.45) is 5.41 Å². The van der Waals surface area contributed by atoms with Gasteiger partial charge >= 0.3 is 0 Å². The monoisotopic (exact) mass is 168 g/mol. The maximum Gasteiger partial charge on any atom is 0.249 e. The Morgan fingerprint density at radius 2 is 1.75 bits per heavy atom. The summed E-state index contributed by atoms with van der Waals surface area (Å²) in [6.07, 6.45) is 1.56. The maximum atomic E-state index is 5.00.